The third-order valence-corrected chi connectivity index (χ3v) is 2.09. The molecule has 0 heterocycles. The average Bonchev–Trinajstić information content (AvgIpc) is 2.55. The second-order valence-electron chi connectivity index (χ2n) is 3.15. The van der Waals surface area contributed by atoms with Crippen molar-refractivity contribution in [2.45, 2.75) is 48.0 Å². The molecule has 0 spiro atoms. The molecule has 2 aromatic carbocycles. The van der Waals surface area contributed by atoms with Crippen LogP contribution < -0.4 is 0 Å². The van der Waals surface area contributed by atoms with Gasteiger partial charge in [0.25, 0.3) is 0 Å². The van der Waals surface area contributed by atoms with Gasteiger partial charge in [0.1, 0.15) is 0 Å². The van der Waals surface area contributed by atoms with Gasteiger partial charge in [0.2, 0.25) is 0 Å². The quantitative estimate of drug-likeness (QED) is 0.588. The van der Waals surface area contributed by atoms with Crippen LogP contribution in [0.1, 0.15) is 52.7 Å². The summed E-state index contributed by atoms with van der Waals surface area (Å²) in [7, 11) is 0. The molecule has 0 fully saturated rings. The molecule has 0 saturated carbocycles. The molecule has 2 aromatic rings. The van der Waals surface area contributed by atoms with Crippen LogP contribution in [0.15, 0.2) is 60.7 Å². The first-order valence-electron chi connectivity index (χ1n) is 7.53. The Morgan fingerprint density at radius 3 is 1.00 bits per heavy atom. The summed E-state index contributed by atoms with van der Waals surface area (Å²) in [5.41, 5.74) is 2.74. The first-order valence-corrected chi connectivity index (χ1v) is 7.53. The molecule has 0 amide bonds. The standard InChI is InChI=1S/C13H12.3C2H6/c1-3-7-12(8-4-1)11-13-9-5-2-6-10-13;3*1-2/h1-10H,11H2;3*1-2H3. The Hall–Kier alpha value is -1.56. The molecule has 0 heteroatoms. The van der Waals surface area contributed by atoms with E-state index in [0.29, 0.717) is 0 Å². The molecule has 0 aliphatic heterocycles. The average molecular weight is 258 g/mol. The Labute approximate surface area is 120 Å². The SMILES string of the molecule is CC.CC.CC.c1ccc(Cc2ccccc2)cc1. The van der Waals surface area contributed by atoms with Crippen molar-refractivity contribution in [3.05, 3.63) is 71.8 Å². The lowest BCUT2D eigenvalue weighted by Gasteiger charge is -2.00. The Morgan fingerprint density at radius 1 is 0.474 bits per heavy atom. The summed E-state index contributed by atoms with van der Waals surface area (Å²) in [6.07, 6.45) is 1.03. The van der Waals surface area contributed by atoms with E-state index in [1.54, 1.807) is 0 Å². The summed E-state index contributed by atoms with van der Waals surface area (Å²) < 4.78 is 0. The third-order valence-electron chi connectivity index (χ3n) is 2.09. The van der Waals surface area contributed by atoms with Crippen molar-refractivity contribution in [3.63, 3.8) is 0 Å². The van der Waals surface area contributed by atoms with Gasteiger partial charge in [-0.25, -0.2) is 0 Å². The maximum Gasteiger partial charge on any atom is -0.00258 e. The fraction of sp³-hybridized carbons (Fsp3) is 0.368. The summed E-state index contributed by atoms with van der Waals surface area (Å²) >= 11 is 0. The normalized spacial score (nSPS) is 7.68. The predicted octanol–water partition coefficient (Wildman–Crippen LogP) is 6.36. The number of hydrogen-bond acceptors (Lipinski definition) is 0. The van der Waals surface area contributed by atoms with Gasteiger partial charge in [-0.05, 0) is 17.5 Å². The lowest BCUT2D eigenvalue weighted by Crippen LogP contribution is -1.85. The largest absolute Gasteiger partial charge is 0.0683 e. The van der Waals surface area contributed by atoms with Gasteiger partial charge in [0.05, 0.1) is 0 Å². The molecule has 0 saturated heterocycles. The van der Waals surface area contributed by atoms with E-state index >= 15 is 0 Å². The van der Waals surface area contributed by atoms with Crippen LogP contribution in [-0.4, -0.2) is 0 Å². The Bertz CT molecular complexity index is 311. The molecule has 0 aromatic heterocycles. The molecular formula is C19H30. The Morgan fingerprint density at radius 2 is 0.737 bits per heavy atom. The van der Waals surface area contributed by atoms with Crippen molar-refractivity contribution < 1.29 is 0 Å². The Kier molecular flexibility index (Phi) is 17.1. The highest BCUT2D eigenvalue weighted by atomic mass is 14.0. The maximum absolute atomic E-state index is 2.16. The summed E-state index contributed by atoms with van der Waals surface area (Å²) in [4.78, 5) is 0. The molecule has 0 N–H and O–H groups in total. The van der Waals surface area contributed by atoms with Crippen LogP contribution in [0.3, 0.4) is 0 Å². The first kappa shape index (κ1) is 19.8. The van der Waals surface area contributed by atoms with Crippen molar-refractivity contribution in [1.82, 2.24) is 0 Å². The van der Waals surface area contributed by atoms with E-state index in [1.807, 2.05) is 41.5 Å². The highest BCUT2D eigenvalue weighted by Crippen LogP contribution is 2.07. The van der Waals surface area contributed by atoms with Gasteiger partial charge < -0.3 is 0 Å². The van der Waals surface area contributed by atoms with E-state index in [-0.39, 0.29) is 0 Å². The lowest BCUT2D eigenvalue weighted by atomic mass is 10.1. The molecule has 0 unspecified atom stereocenters. The summed E-state index contributed by atoms with van der Waals surface area (Å²) in [5, 5.41) is 0. The summed E-state index contributed by atoms with van der Waals surface area (Å²) in [6, 6.07) is 21.1. The highest BCUT2D eigenvalue weighted by Gasteiger charge is 1.92. The van der Waals surface area contributed by atoms with Gasteiger partial charge in [0.15, 0.2) is 0 Å². The minimum Gasteiger partial charge on any atom is -0.0683 e. The van der Waals surface area contributed by atoms with Crippen molar-refractivity contribution in [1.29, 1.82) is 0 Å². The van der Waals surface area contributed by atoms with Gasteiger partial charge >= 0.3 is 0 Å². The molecular weight excluding hydrogens is 228 g/mol. The fourth-order valence-electron chi connectivity index (χ4n) is 1.43. The van der Waals surface area contributed by atoms with Crippen LogP contribution in [-0.2, 0) is 6.42 Å². The van der Waals surface area contributed by atoms with Crippen LogP contribution >= 0.6 is 0 Å². The van der Waals surface area contributed by atoms with E-state index in [1.165, 1.54) is 11.1 Å². The van der Waals surface area contributed by atoms with E-state index in [4.69, 9.17) is 0 Å². The summed E-state index contributed by atoms with van der Waals surface area (Å²) in [6.45, 7) is 12.0. The minimum absolute atomic E-state index is 1.03. The van der Waals surface area contributed by atoms with Crippen LogP contribution in [0.25, 0.3) is 0 Å². The smallest absolute Gasteiger partial charge is 0.00258 e. The highest BCUT2D eigenvalue weighted by molar-refractivity contribution is 5.25. The molecule has 0 bridgehead atoms. The van der Waals surface area contributed by atoms with Gasteiger partial charge in [-0.3, -0.25) is 0 Å². The molecule has 0 atom stereocenters. The topological polar surface area (TPSA) is 0 Å². The van der Waals surface area contributed by atoms with Crippen LogP contribution in [0.4, 0.5) is 0 Å². The van der Waals surface area contributed by atoms with Crippen LogP contribution in [0.2, 0.25) is 0 Å². The van der Waals surface area contributed by atoms with E-state index in [0.717, 1.165) is 6.42 Å². The zero-order valence-electron chi connectivity index (χ0n) is 13.5. The van der Waals surface area contributed by atoms with Crippen molar-refractivity contribution in [2.24, 2.45) is 0 Å². The molecule has 0 aliphatic carbocycles. The van der Waals surface area contributed by atoms with Crippen LogP contribution in [0, 0.1) is 0 Å². The number of hydrogen-bond donors (Lipinski definition) is 0. The lowest BCUT2D eigenvalue weighted by molar-refractivity contribution is 1.19. The van der Waals surface area contributed by atoms with Gasteiger partial charge in [-0.15, -0.1) is 0 Å². The molecule has 2 rings (SSSR count). The Balaban J connectivity index is 0. The van der Waals surface area contributed by atoms with Crippen LogP contribution in [0.5, 0.6) is 0 Å². The second-order valence-corrected chi connectivity index (χ2v) is 3.15. The minimum atomic E-state index is 1.03. The zero-order chi connectivity index (χ0) is 14.9. The van der Waals surface area contributed by atoms with E-state index in [2.05, 4.69) is 60.7 Å². The van der Waals surface area contributed by atoms with Gasteiger partial charge in [-0.2, -0.15) is 0 Å². The third kappa shape index (κ3) is 10.1. The number of rotatable bonds is 2. The summed E-state index contributed by atoms with van der Waals surface area (Å²) in [5.74, 6) is 0. The maximum atomic E-state index is 2.16. The molecule has 0 aliphatic rings. The van der Waals surface area contributed by atoms with Gasteiger partial charge in [0, 0.05) is 0 Å². The van der Waals surface area contributed by atoms with Crippen molar-refractivity contribution in [2.75, 3.05) is 0 Å². The monoisotopic (exact) mass is 258 g/mol. The fourth-order valence-corrected chi connectivity index (χ4v) is 1.43. The van der Waals surface area contributed by atoms with Gasteiger partial charge in [-0.1, -0.05) is 102 Å². The predicted molar refractivity (Wildman–Crippen MR) is 89.7 cm³/mol. The van der Waals surface area contributed by atoms with E-state index in [9.17, 15) is 0 Å². The second kappa shape index (κ2) is 16.4. The van der Waals surface area contributed by atoms with Crippen molar-refractivity contribution >= 4 is 0 Å². The first-order chi connectivity index (χ1) is 9.45. The zero-order valence-corrected chi connectivity index (χ0v) is 13.5. The molecule has 0 radical (unpaired) electrons. The van der Waals surface area contributed by atoms with Crippen molar-refractivity contribution in [3.8, 4) is 0 Å². The number of benzene rings is 2. The van der Waals surface area contributed by atoms with E-state index < -0.39 is 0 Å². The molecule has 106 valence electrons. The molecule has 0 nitrogen and oxygen atoms in total. The molecule has 19 heavy (non-hydrogen) atoms.